The highest BCUT2D eigenvalue weighted by atomic mass is 19.4. The van der Waals surface area contributed by atoms with E-state index in [1.807, 2.05) is 0 Å². The summed E-state index contributed by atoms with van der Waals surface area (Å²) in [6.45, 7) is 1.31. The zero-order chi connectivity index (χ0) is 34.7. The van der Waals surface area contributed by atoms with Crippen molar-refractivity contribution in [2.24, 2.45) is 0 Å². The quantitative estimate of drug-likeness (QED) is 0.107. The molecular weight excluding hydrogens is 649 g/mol. The van der Waals surface area contributed by atoms with Crippen LogP contribution in [0.2, 0.25) is 0 Å². The van der Waals surface area contributed by atoms with E-state index in [1.165, 1.54) is 19.2 Å². The van der Waals surface area contributed by atoms with Crippen molar-refractivity contribution < 1.29 is 77.9 Å². The second-order valence-electron chi connectivity index (χ2n) is 9.63. The Kier molecular flexibility index (Phi) is 10.1. The molecule has 9 nitrogen and oxygen atoms in total. The number of ether oxygens (including phenoxy) is 3. The topological polar surface area (TPSA) is 110 Å². The number of pyridine rings is 1. The van der Waals surface area contributed by atoms with Crippen LogP contribution in [0.4, 0.5) is 39.5 Å². The predicted octanol–water partition coefficient (Wildman–Crippen LogP) is 6.66. The van der Waals surface area contributed by atoms with E-state index < -0.39 is 65.1 Å². The lowest BCUT2D eigenvalue weighted by molar-refractivity contribution is -0.291. The molecule has 0 aliphatic rings. The minimum atomic E-state index is -5.46. The summed E-state index contributed by atoms with van der Waals surface area (Å²) in [5, 5.41) is 0. The second kappa shape index (κ2) is 13.1. The molecule has 0 aliphatic carbocycles. The second-order valence-corrected chi connectivity index (χ2v) is 9.63. The molecule has 1 aromatic heterocycles. The van der Waals surface area contributed by atoms with Gasteiger partial charge in [0.15, 0.2) is 5.78 Å². The summed E-state index contributed by atoms with van der Waals surface area (Å²) in [6.07, 6.45) is -14.6. The Balaban J connectivity index is 1.80. The lowest BCUT2D eigenvalue weighted by atomic mass is 10.0. The van der Waals surface area contributed by atoms with Gasteiger partial charge >= 0.3 is 30.5 Å². The van der Waals surface area contributed by atoms with Crippen molar-refractivity contribution in [3.8, 4) is 17.4 Å². The molecule has 0 saturated carbocycles. The number of rotatable bonds is 9. The molecule has 18 heteroatoms. The Morgan fingerprint density at radius 2 is 1.35 bits per heavy atom. The maximum absolute atomic E-state index is 13.3. The first-order chi connectivity index (χ1) is 21.1. The van der Waals surface area contributed by atoms with Crippen LogP contribution in [-0.2, 0) is 38.3 Å². The van der Waals surface area contributed by atoms with Gasteiger partial charge in [-0.1, -0.05) is 0 Å². The average Bonchev–Trinajstić information content (AvgIpc) is 2.96. The molecular formula is C28H20F9NO8. The summed E-state index contributed by atoms with van der Waals surface area (Å²) < 4.78 is 132. The SMILES string of the molecule is COc1ccc(C(=O)c2ccc(OCc3cc(C(F)(F)F)cc(C(F)(F)F)c3)nc2)c(OC(C)(C)C(=O)OOC(=O)C(F)(F)F)c1. The summed E-state index contributed by atoms with van der Waals surface area (Å²) in [5.74, 6) is -5.68. The fourth-order valence-corrected chi connectivity index (χ4v) is 3.46. The summed E-state index contributed by atoms with van der Waals surface area (Å²) in [7, 11) is 1.25. The first-order valence-corrected chi connectivity index (χ1v) is 12.4. The number of benzene rings is 2. The molecule has 0 bridgehead atoms. The smallest absolute Gasteiger partial charge is 0.495 e. The van der Waals surface area contributed by atoms with Crippen LogP contribution in [0.5, 0.6) is 17.4 Å². The number of hydrogen-bond donors (Lipinski definition) is 0. The van der Waals surface area contributed by atoms with Gasteiger partial charge in [-0.3, -0.25) is 4.79 Å². The Morgan fingerprint density at radius 3 is 1.85 bits per heavy atom. The van der Waals surface area contributed by atoms with Crippen LogP contribution >= 0.6 is 0 Å². The highest BCUT2D eigenvalue weighted by Crippen LogP contribution is 2.37. The summed E-state index contributed by atoms with van der Waals surface area (Å²) in [5.41, 5.74) is -6.04. The maximum atomic E-state index is 13.3. The van der Waals surface area contributed by atoms with Gasteiger partial charge in [-0.2, -0.15) is 39.5 Å². The first-order valence-electron chi connectivity index (χ1n) is 12.4. The molecule has 1 heterocycles. The van der Waals surface area contributed by atoms with Crippen LogP contribution in [0, 0.1) is 0 Å². The van der Waals surface area contributed by atoms with Gasteiger partial charge in [0.25, 0.3) is 0 Å². The molecule has 3 rings (SSSR count). The molecule has 0 unspecified atom stereocenters. The zero-order valence-electron chi connectivity index (χ0n) is 23.5. The summed E-state index contributed by atoms with van der Waals surface area (Å²) >= 11 is 0. The highest BCUT2D eigenvalue weighted by Gasteiger charge is 2.44. The molecule has 0 fully saturated rings. The third-order valence-corrected chi connectivity index (χ3v) is 5.75. The summed E-state index contributed by atoms with van der Waals surface area (Å²) in [4.78, 5) is 47.7. The molecule has 0 saturated heterocycles. The molecule has 0 amide bonds. The van der Waals surface area contributed by atoms with Gasteiger partial charge in [0.05, 0.1) is 23.8 Å². The Morgan fingerprint density at radius 1 is 0.761 bits per heavy atom. The standard InChI is InChI=1S/C28H20F9NO8/c1-25(2,23(40)45-46-24(41)28(35,36)37)44-20-11-18(42-3)5-6-19(20)22(39)15-4-7-21(38-12-15)43-13-14-8-16(26(29,30)31)10-17(9-14)27(32,33)34/h4-12H,13H2,1-3H3. The fraction of sp³-hybridized carbons (Fsp3) is 0.286. The monoisotopic (exact) mass is 669 g/mol. The third kappa shape index (κ3) is 9.01. The van der Waals surface area contributed by atoms with Crippen LogP contribution in [-0.4, -0.2) is 41.6 Å². The molecule has 0 spiro atoms. The molecule has 0 atom stereocenters. The number of carbonyl (C=O) groups is 3. The average molecular weight is 669 g/mol. The summed E-state index contributed by atoms with van der Waals surface area (Å²) in [6, 6.07) is 6.87. The fourth-order valence-electron chi connectivity index (χ4n) is 3.46. The molecule has 2 aromatic carbocycles. The van der Waals surface area contributed by atoms with E-state index in [-0.39, 0.29) is 34.6 Å². The van der Waals surface area contributed by atoms with E-state index in [4.69, 9.17) is 14.2 Å². The van der Waals surface area contributed by atoms with Crippen molar-refractivity contribution in [3.63, 3.8) is 0 Å². The predicted molar refractivity (Wildman–Crippen MR) is 134 cm³/mol. The molecule has 3 aromatic rings. The van der Waals surface area contributed by atoms with Gasteiger partial charge < -0.3 is 14.2 Å². The van der Waals surface area contributed by atoms with Crippen LogP contribution in [0.25, 0.3) is 0 Å². The van der Waals surface area contributed by atoms with Crippen LogP contribution in [0.1, 0.15) is 46.5 Å². The number of methoxy groups -OCH3 is 1. The normalized spacial score (nSPS) is 12.3. The molecule has 0 N–H and O–H groups in total. The van der Waals surface area contributed by atoms with Crippen molar-refractivity contribution in [2.45, 2.75) is 44.6 Å². The van der Waals surface area contributed by atoms with Gasteiger partial charge in [0.2, 0.25) is 11.5 Å². The number of alkyl halides is 9. The van der Waals surface area contributed by atoms with Gasteiger partial charge in [0.1, 0.15) is 18.1 Å². The highest BCUT2D eigenvalue weighted by molar-refractivity contribution is 6.10. The molecule has 248 valence electrons. The van der Waals surface area contributed by atoms with E-state index in [0.29, 0.717) is 12.1 Å². The number of carbonyl (C=O) groups excluding carboxylic acids is 3. The van der Waals surface area contributed by atoms with E-state index in [2.05, 4.69) is 14.8 Å². The lowest BCUT2D eigenvalue weighted by Gasteiger charge is -2.24. The van der Waals surface area contributed by atoms with Crippen LogP contribution < -0.4 is 14.2 Å². The lowest BCUT2D eigenvalue weighted by Crippen LogP contribution is -2.41. The van der Waals surface area contributed by atoms with Gasteiger partial charge in [0, 0.05) is 23.9 Å². The van der Waals surface area contributed by atoms with Crippen molar-refractivity contribution >= 4 is 17.7 Å². The number of nitrogens with zero attached hydrogens (tertiary/aromatic N) is 1. The van der Waals surface area contributed by atoms with Gasteiger partial charge in [-0.05, 0) is 55.8 Å². The zero-order valence-corrected chi connectivity index (χ0v) is 23.5. The molecule has 0 radical (unpaired) electrons. The molecule has 46 heavy (non-hydrogen) atoms. The maximum Gasteiger partial charge on any atom is 0.495 e. The minimum absolute atomic E-state index is 0.0357. The third-order valence-electron chi connectivity index (χ3n) is 5.75. The Bertz CT molecular complexity index is 1570. The number of halogens is 9. The van der Waals surface area contributed by atoms with Gasteiger partial charge in [-0.15, -0.1) is 0 Å². The van der Waals surface area contributed by atoms with E-state index in [1.54, 1.807) is 0 Å². The van der Waals surface area contributed by atoms with E-state index in [0.717, 1.165) is 38.2 Å². The van der Waals surface area contributed by atoms with Crippen LogP contribution in [0.15, 0.2) is 54.7 Å². The Hall–Kier alpha value is -5.03. The first kappa shape index (κ1) is 35.4. The van der Waals surface area contributed by atoms with Crippen molar-refractivity contribution in [1.29, 1.82) is 0 Å². The minimum Gasteiger partial charge on any atom is -0.497 e. The van der Waals surface area contributed by atoms with E-state index >= 15 is 0 Å². The number of hydrogen-bond acceptors (Lipinski definition) is 9. The largest absolute Gasteiger partial charge is 0.497 e. The van der Waals surface area contributed by atoms with Crippen LogP contribution in [0.3, 0.4) is 0 Å². The number of aromatic nitrogens is 1. The number of ketones is 1. The van der Waals surface area contributed by atoms with Crippen molar-refractivity contribution in [2.75, 3.05) is 7.11 Å². The van der Waals surface area contributed by atoms with E-state index in [9.17, 15) is 53.9 Å². The Labute approximate surface area is 252 Å². The molecule has 0 aliphatic heterocycles. The van der Waals surface area contributed by atoms with Gasteiger partial charge in [-0.25, -0.2) is 24.3 Å². The van der Waals surface area contributed by atoms with Crippen molar-refractivity contribution in [1.82, 2.24) is 4.98 Å². The van der Waals surface area contributed by atoms with Crippen molar-refractivity contribution in [3.05, 3.63) is 82.5 Å².